The molecule has 5 nitrogen and oxygen atoms in total. The molecular formula is C14H17NO4. The molecule has 1 aromatic heterocycles. The van der Waals surface area contributed by atoms with E-state index in [0.29, 0.717) is 11.1 Å². The number of aliphatic hydroxyl groups excluding tert-OH is 1. The van der Waals surface area contributed by atoms with Crippen LogP contribution >= 0.6 is 0 Å². The van der Waals surface area contributed by atoms with Crippen LogP contribution in [-0.2, 0) is 4.74 Å². The molecule has 19 heavy (non-hydrogen) atoms. The molecule has 0 saturated carbocycles. The first kappa shape index (κ1) is 13.6. The second kappa shape index (κ2) is 5.86. The quantitative estimate of drug-likeness (QED) is 0.888. The summed E-state index contributed by atoms with van der Waals surface area (Å²) in [6.07, 6.45) is 0.753. The van der Waals surface area contributed by atoms with Crippen molar-refractivity contribution in [2.24, 2.45) is 0 Å². The maximum atomic E-state index is 12.3. The predicted octanol–water partition coefficient (Wildman–Crippen LogP) is 1.51. The molecule has 0 aliphatic carbocycles. The zero-order valence-corrected chi connectivity index (χ0v) is 11.0. The third-order valence-corrected chi connectivity index (χ3v) is 2.90. The van der Waals surface area contributed by atoms with Crippen molar-refractivity contribution < 1.29 is 19.1 Å². The molecule has 1 N–H and O–H groups in total. The smallest absolute Gasteiger partial charge is 0.257 e. The summed E-state index contributed by atoms with van der Waals surface area (Å²) in [5, 5.41) is 10.4. The summed E-state index contributed by atoms with van der Waals surface area (Å²) in [5.74, 6) is -0.180. The van der Waals surface area contributed by atoms with E-state index in [2.05, 4.69) is 0 Å². The lowest BCUT2D eigenvalue weighted by atomic mass is 10.1. The van der Waals surface area contributed by atoms with E-state index in [1.807, 2.05) is 24.3 Å². The minimum atomic E-state index is -0.697. The molecule has 0 radical (unpaired) electrons. The van der Waals surface area contributed by atoms with Crippen LogP contribution in [0.3, 0.4) is 0 Å². The standard InChI is InChI=1S/C14H17NO4/c1-15(7-10(16)8-18-2)14(17)12-9-19-13-6-4-3-5-11(12)13/h3-6,9-10,16H,7-8H2,1-2H3. The first-order valence-corrected chi connectivity index (χ1v) is 6.02. The highest BCUT2D eigenvalue weighted by Crippen LogP contribution is 2.21. The van der Waals surface area contributed by atoms with Gasteiger partial charge in [0.15, 0.2) is 0 Å². The van der Waals surface area contributed by atoms with Crippen molar-refractivity contribution in [3.05, 3.63) is 36.1 Å². The third-order valence-electron chi connectivity index (χ3n) is 2.90. The number of amides is 1. The van der Waals surface area contributed by atoms with Gasteiger partial charge >= 0.3 is 0 Å². The Morgan fingerprint density at radius 3 is 2.95 bits per heavy atom. The number of nitrogens with zero attached hydrogens (tertiary/aromatic N) is 1. The van der Waals surface area contributed by atoms with Gasteiger partial charge in [-0.15, -0.1) is 0 Å². The van der Waals surface area contributed by atoms with Crippen LogP contribution in [0.15, 0.2) is 34.9 Å². The number of hydrogen-bond donors (Lipinski definition) is 1. The highest BCUT2D eigenvalue weighted by Gasteiger charge is 2.19. The molecular weight excluding hydrogens is 246 g/mol. The van der Waals surface area contributed by atoms with Crippen LogP contribution in [0.5, 0.6) is 0 Å². The van der Waals surface area contributed by atoms with Crippen LogP contribution in [0.25, 0.3) is 11.0 Å². The summed E-state index contributed by atoms with van der Waals surface area (Å²) in [4.78, 5) is 13.7. The minimum Gasteiger partial charge on any atom is -0.463 e. The van der Waals surface area contributed by atoms with Gasteiger partial charge in [0.05, 0.1) is 18.3 Å². The Labute approximate surface area is 111 Å². The number of methoxy groups -OCH3 is 1. The van der Waals surface area contributed by atoms with Crippen LogP contribution in [-0.4, -0.2) is 49.3 Å². The molecule has 5 heteroatoms. The Hall–Kier alpha value is -1.85. The number of rotatable bonds is 5. The second-order valence-electron chi connectivity index (χ2n) is 4.44. The maximum Gasteiger partial charge on any atom is 0.257 e. The number of hydrogen-bond acceptors (Lipinski definition) is 4. The summed E-state index contributed by atoms with van der Waals surface area (Å²) < 4.78 is 10.2. The monoisotopic (exact) mass is 263 g/mol. The number of benzene rings is 1. The second-order valence-corrected chi connectivity index (χ2v) is 4.44. The highest BCUT2D eigenvalue weighted by atomic mass is 16.5. The number of para-hydroxylation sites is 1. The third kappa shape index (κ3) is 2.94. The van der Waals surface area contributed by atoms with Crippen molar-refractivity contribution in [2.45, 2.75) is 6.10 Å². The van der Waals surface area contributed by atoms with Crippen molar-refractivity contribution in [1.82, 2.24) is 4.90 Å². The lowest BCUT2D eigenvalue weighted by molar-refractivity contribution is 0.0380. The molecule has 1 unspecified atom stereocenters. The van der Waals surface area contributed by atoms with Crippen LogP contribution in [0, 0.1) is 0 Å². The van der Waals surface area contributed by atoms with Crippen LogP contribution in [0.1, 0.15) is 10.4 Å². The molecule has 1 amide bonds. The van der Waals surface area contributed by atoms with Crippen molar-refractivity contribution in [1.29, 1.82) is 0 Å². The number of furan rings is 1. The molecule has 0 bridgehead atoms. The number of aliphatic hydroxyl groups is 1. The van der Waals surface area contributed by atoms with E-state index in [0.717, 1.165) is 5.39 Å². The van der Waals surface area contributed by atoms with E-state index < -0.39 is 6.10 Å². The number of carbonyl (C=O) groups is 1. The van der Waals surface area contributed by atoms with E-state index in [4.69, 9.17) is 9.15 Å². The van der Waals surface area contributed by atoms with Crippen LogP contribution in [0.4, 0.5) is 0 Å². The number of ether oxygens (including phenoxy) is 1. The van der Waals surface area contributed by atoms with Gasteiger partial charge in [-0.3, -0.25) is 4.79 Å². The average molecular weight is 263 g/mol. The van der Waals surface area contributed by atoms with E-state index in [9.17, 15) is 9.90 Å². The fourth-order valence-electron chi connectivity index (χ4n) is 1.99. The number of likely N-dealkylation sites (N-methyl/N-ethyl adjacent to an activating group) is 1. The molecule has 0 aliphatic rings. The average Bonchev–Trinajstić information content (AvgIpc) is 2.81. The van der Waals surface area contributed by atoms with E-state index in [1.54, 1.807) is 7.05 Å². The molecule has 0 fully saturated rings. The van der Waals surface area contributed by atoms with Crippen molar-refractivity contribution >= 4 is 16.9 Å². The van der Waals surface area contributed by atoms with Gasteiger partial charge in [0.25, 0.3) is 5.91 Å². The van der Waals surface area contributed by atoms with E-state index >= 15 is 0 Å². The zero-order valence-electron chi connectivity index (χ0n) is 11.0. The molecule has 0 spiro atoms. The number of fused-ring (bicyclic) bond motifs is 1. The lowest BCUT2D eigenvalue weighted by Crippen LogP contribution is -2.36. The SMILES string of the molecule is COCC(O)CN(C)C(=O)c1coc2ccccc12. The molecule has 2 rings (SSSR count). The lowest BCUT2D eigenvalue weighted by Gasteiger charge is -2.19. The fourth-order valence-corrected chi connectivity index (χ4v) is 1.99. The Balaban J connectivity index is 2.15. The summed E-state index contributed by atoms with van der Waals surface area (Å²) in [5.41, 5.74) is 1.18. The normalized spacial score (nSPS) is 12.6. The van der Waals surface area contributed by atoms with Gasteiger partial charge in [0.1, 0.15) is 11.8 Å². The van der Waals surface area contributed by atoms with Gasteiger partial charge in [0.2, 0.25) is 0 Å². The van der Waals surface area contributed by atoms with Crippen molar-refractivity contribution in [3.63, 3.8) is 0 Å². The summed E-state index contributed by atoms with van der Waals surface area (Å²) >= 11 is 0. The fraction of sp³-hybridized carbons (Fsp3) is 0.357. The Morgan fingerprint density at radius 1 is 1.47 bits per heavy atom. The van der Waals surface area contributed by atoms with Gasteiger partial charge in [-0.1, -0.05) is 18.2 Å². The zero-order chi connectivity index (χ0) is 13.8. The molecule has 0 saturated heterocycles. The van der Waals surface area contributed by atoms with E-state index in [1.165, 1.54) is 18.3 Å². The van der Waals surface area contributed by atoms with Gasteiger partial charge in [-0.05, 0) is 6.07 Å². The topological polar surface area (TPSA) is 62.9 Å². The van der Waals surface area contributed by atoms with E-state index in [-0.39, 0.29) is 19.1 Å². The van der Waals surface area contributed by atoms with Gasteiger partial charge in [0, 0.05) is 26.1 Å². The molecule has 2 aromatic rings. The van der Waals surface area contributed by atoms with Crippen molar-refractivity contribution in [3.8, 4) is 0 Å². The molecule has 0 aliphatic heterocycles. The van der Waals surface area contributed by atoms with Gasteiger partial charge in [-0.25, -0.2) is 0 Å². The summed E-state index contributed by atoms with van der Waals surface area (Å²) in [7, 11) is 3.15. The van der Waals surface area contributed by atoms with Crippen LogP contribution < -0.4 is 0 Å². The summed E-state index contributed by atoms with van der Waals surface area (Å²) in [6.45, 7) is 0.413. The minimum absolute atomic E-state index is 0.180. The first-order valence-electron chi connectivity index (χ1n) is 6.02. The van der Waals surface area contributed by atoms with Crippen LogP contribution in [0.2, 0.25) is 0 Å². The molecule has 102 valence electrons. The molecule has 1 heterocycles. The largest absolute Gasteiger partial charge is 0.463 e. The molecule has 1 aromatic carbocycles. The Bertz CT molecular complexity index is 563. The molecule has 1 atom stereocenters. The summed E-state index contributed by atoms with van der Waals surface area (Å²) in [6, 6.07) is 7.36. The number of carbonyl (C=O) groups excluding carboxylic acids is 1. The first-order chi connectivity index (χ1) is 9.13. The van der Waals surface area contributed by atoms with Crippen molar-refractivity contribution in [2.75, 3.05) is 27.3 Å². The highest BCUT2D eigenvalue weighted by molar-refractivity contribution is 6.05. The maximum absolute atomic E-state index is 12.3. The Morgan fingerprint density at radius 2 is 2.21 bits per heavy atom. The Kier molecular flexibility index (Phi) is 4.19. The predicted molar refractivity (Wildman–Crippen MR) is 71.1 cm³/mol. The van der Waals surface area contributed by atoms with Gasteiger partial charge in [-0.2, -0.15) is 0 Å². The van der Waals surface area contributed by atoms with Gasteiger partial charge < -0.3 is 19.2 Å².